The molecule has 0 saturated carbocycles. The minimum absolute atomic E-state index is 0.0950. The molecule has 0 spiro atoms. The van der Waals surface area contributed by atoms with Gasteiger partial charge in [0.25, 0.3) is 0 Å². The molecule has 0 heterocycles. The normalized spacial score (nSPS) is 14.3. The number of benzene rings is 2. The SMILES string of the molecule is O=C1c2ccccc2C(=O)c2c(NC[C@H](O)CCl)cccc21. The molecule has 22 heavy (non-hydrogen) atoms. The highest BCUT2D eigenvalue weighted by Gasteiger charge is 2.31. The Balaban J connectivity index is 2.05. The van der Waals surface area contributed by atoms with E-state index in [1.807, 2.05) is 0 Å². The maximum absolute atomic E-state index is 12.7. The smallest absolute Gasteiger partial charge is 0.196 e. The number of carbonyl (C=O) groups excluding carboxylic acids is 2. The average molecular weight is 316 g/mol. The molecule has 1 atom stereocenters. The third-order valence-electron chi connectivity index (χ3n) is 3.66. The van der Waals surface area contributed by atoms with Crippen LogP contribution in [0.5, 0.6) is 0 Å². The second-order valence-electron chi connectivity index (χ2n) is 5.12. The van der Waals surface area contributed by atoms with Gasteiger partial charge >= 0.3 is 0 Å². The fraction of sp³-hybridized carbons (Fsp3) is 0.176. The van der Waals surface area contributed by atoms with Gasteiger partial charge in [-0.2, -0.15) is 0 Å². The third kappa shape index (κ3) is 2.40. The van der Waals surface area contributed by atoms with E-state index in [-0.39, 0.29) is 24.0 Å². The lowest BCUT2D eigenvalue weighted by Crippen LogP contribution is -2.25. The van der Waals surface area contributed by atoms with E-state index in [0.717, 1.165) is 0 Å². The number of hydrogen-bond donors (Lipinski definition) is 2. The first-order valence-corrected chi connectivity index (χ1v) is 7.46. The molecule has 0 fully saturated rings. The summed E-state index contributed by atoms with van der Waals surface area (Å²) in [6.07, 6.45) is -0.723. The Morgan fingerprint density at radius 1 is 0.955 bits per heavy atom. The van der Waals surface area contributed by atoms with Gasteiger partial charge in [0.05, 0.1) is 17.5 Å². The van der Waals surface area contributed by atoms with Crippen LogP contribution < -0.4 is 5.32 Å². The van der Waals surface area contributed by atoms with Crippen molar-refractivity contribution in [1.29, 1.82) is 0 Å². The number of anilines is 1. The van der Waals surface area contributed by atoms with E-state index >= 15 is 0 Å². The molecule has 2 N–H and O–H groups in total. The second kappa shape index (κ2) is 5.91. The quantitative estimate of drug-likeness (QED) is 0.726. The van der Waals surface area contributed by atoms with E-state index in [0.29, 0.717) is 27.9 Å². The lowest BCUT2D eigenvalue weighted by molar-refractivity contribution is 0.0979. The molecule has 0 radical (unpaired) electrons. The van der Waals surface area contributed by atoms with Crippen LogP contribution in [-0.2, 0) is 0 Å². The van der Waals surface area contributed by atoms with E-state index in [1.165, 1.54) is 0 Å². The summed E-state index contributed by atoms with van der Waals surface area (Å²) >= 11 is 5.57. The molecule has 0 unspecified atom stereocenters. The fourth-order valence-electron chi connectivity index (χ4n) is 2.57. The van der Waals surface area contributed by atoms with Gasteiger partial charge in [-0.25, -0.2) is 0 Å². The first-order valence-electron chi connectivity index (χ1n) is 6.93. The number of alkyl halides is 1. The fourth-order valence-corrected chi connectivity index (χ4v) is 2.68. The number of aliphatic hydroxyl groups excluding tert-OH is 1. The van der Waals surface area contributed by atoms with Crippen molar-refractivity contribution in [3.05, 3.63) is 64.7 Å². The molecule has 0 saturated heterocycles. The molecule has 112 valence electrons. The van der Waals surface area contributed by atoms with E-state index in [2.05, 4.69) is 5.32 Å². The van der Waals surface area contributed by atoms with Gasteiger partial charge in [-0.15, -0.1) is 11.6 Å². The Hall–Kier alpha value is -2.17. The number of rotatable bonds is 4. The van der Waals surface area contributed by atoms with Gasteiger partial charge < -0.3 is 10.4 Å². The molecule has 5 heteroatoms. The van der Waals surface area contributed by atoms with Gasteiger partial charge in [0.2, 0.25) is 0 Å². The highest BCUT2D eigenvalue weighted by molar-refractivity contribution is 6.30. The first-order chi connectivity index (χ1) is 10.6. The summed E-state index contributed by atoms with van der Waals surface area (Å²) in [6.45, 7) is 0.211. The van der Waals surface area contributed by atoms with Crippen molar-refractivity contribution in [2.45, 2.75) is 6.10 Å². The lowest BCUT2D eigenvalue weighted by atomic mass is 9.83. The van der Waals surface area contributed by atoms with Crippen molar-refractivity contribution in [3.63, 3.8) is 0 Å². The van der Waals surface area contributed by atoms with Crippen LogP contribution in [-0.4, -0.2) is 35.2 Å². The highest BCUT2D eigenvalue weighted by atomic mass is 35.5. The van der Waals surface area contributed by atoms with E-state index in [1.54, 1.807) is 42.5 Å². The number of fused-ring (bicyclic) bond motifs is 2. The van der Waals surface area contributed by atoms with E-state index in [4.69, 9.17) is 11.6 Å². The van der Waals surface area contributed by atoms with Gasteiger partial charge in [-0.1, -0.05) is 36.4 Å². The minimum atomic E-state index is -0.723. The van der Waals surface area contributed by atoms with Crippen LogP contribution in [0.1, 0.15) is 31.8 Å². The molecule has 0 aromatic heterocycles. The van der Waals surface area contributed by atoms with Crippen LogP contribution in [0, 0.1) is 0 Å². The molecule has 4 nitrogen and oxygen atoms in total. The molecule has 0 amide bonds. The minimum Gasteiger partial charge on any atom is -0.390 e. The zero-order valence-electron chi connectivity index (χ0n) is 11.7. The van der Waals surface area contributed by atoms with Crippen molar-refractivity contribution in [2.75, 3.05) is 17.7 Å². The summed E-state index contributed by atoms with van der Waals surface area (Å²) in [6, 6.07) is 11.9. The van der Waals surface area contributed by atoms with Gasteiger partial charge in [0.15, 0.2) is 11.6 Å². The first kappa shape index (κ1) is 14.8. The number of ketones is 2. The molecular weight excluding hydrogens is 302 g/mol. The molecule has 3 rings (SSSR count). The van der Waals surface area contributed by atoms with Crippen molar-refractivity contribution in [1.82, 2.24) is 0 Å². The summed E-state index contributed by atoms with van der Waals surface area (Å²) in [5.74, 6) is -0.252. The van der Waals surface area contributed by atoms with Crippen LogP contribution >= 0.6 is 11.6 Å². The number of hydrogen-bond acceptors (Lipinski definition) is 4. The summed E-state index contributed by atoms with van der Waals surface area (Å²) < 4.78 is 0. The van der Waals surface area contributed by atoms with Crippen LogP contribution in [0.15, 0.2) is 42.5 Å². The topological polar surface area (TPSA) is 66.4 Å². The molecule has 1 aliphatic rings. The van der Waals surface area contributed by atoms with Crippen molar-refractivity contribution < 1.29 is 14.7 Å². The zero-order chi connectivity index (χ0) is 15.7. The number of nitrogens with one attached hydrogen (secondary N) is 1. The number of carbonyl (C=O) groups is 2. The molecular formula is C17H14ClNO3. The average Bonchev–Trinajstić information content (AvgIpc) is 2.57. The molecule has 1 aliphatic carbocycles. The van der Waals surface area contributed by atoms with E-state index in [9.17, 15) is 14.7 Å². The van der Waals surface area contributed by atoms with Gasteiger partial charge in [-0.05, 0) is 6.07 Å². The number of aliphatic hydroxyl groups is 1. The monoisotopic (exact) mass is 315 g/mol. The predicted octanol–water partition coefficient (Wildman–Crippen LogP) is 2.47. The third-order valence-corrected chi connectivity index (χ3v) is 4.01. The largest absolute Gasteiger partial charge is 0.390 e. The summed E-state index contributed by atoms with van der Waals surface area (Å²) in [7, 11) is 0. The van der Waals surface area contributed by atoms with Gasteiger partial charge in [-0.3, -0.25) is 9.59 Å². The van der Waals surface area contributed by atoms with Crippen molar-refractivity contribution in [3.8, 4) is 0 Å². The van der Waals surface area contributed by atoms with Crippen LogP contribution in [0.2, 0.25) is 0 Å². The zero-order valence-corrected chi connectivity index (χ0v) is 12.4. The predicted molar refractivity (Wildman–Crippen MR) is 85.0 cm³/mol. The maximum Gasteiger partial charge on any atom is 0.196 e. The Bertz CT molecular complexity index is 757. The summed E-state index contributed by atoms with van der Waals surface area (Å²) in [5.41, 5.74) is 2.11. The summed E-state index contributed by atoms with van der Waals surface area (Å²) in [5, 5.41) is 12.6. The Morgan fingerprint density at radius 3 is 2.27 bits per heavy atom. The maximum atomic E-state index is 12.7. The molecule has 0 aliphatic heterocycles. The second-order valence-corrected chi connectivity index (χ2v) is 5.43. The van der Waals surface area contributed by atoms with Crippen molar-refractivity contribution in [2.24, 2.45) is 0 Å². The molecule has 0 bridgehead atoms. The molecule has 2 aromatic rings. The van der Waals surface area contributed by atoms with Crippen molar-refractivity contribution >= 4 is 28.9 Å². The molecule has 2 aromatic carbocycles. The highest BCUT2D eigenvalue weighted by Crippen LogP contribution is 2.31. The van der Waals surface area contributed by atoms with Crippen LogP contribution in [0.4, 0.5) is 5.69 Å². The van der Waals surface area contributed by atoms with Crippen LogP contribution in [0.25, 0.3) is 0 Å². The van der Waals surface area contributed by atoms with Gasteiger partial charge in [0.1, 0.15) is 0 Å². The lowest BCUT2D eigenvalue weighted by Gasteiger charge is -2.21. The Kier molecular flexibility index (Phi) is 3.96. The van der Waals surface area contributed by atoms with Crippen LogP contribution in [0.3, 0.4) is 0 Å². The van der Waals surface area contributed by atoms with E-state index < -0.39 is 6.10 Å². The Morgan fingerprint density at radius 2 is 1.59 bits per heavy atom. The number of halogens is 1. The van der Waals surface area contributed by atoms with Gasteiger partial charge in [0, 0.05) is 28.9 Å². The standard InChI is InChI=1S/C17H14ClNO3/c18-8-10(20)9-19-14-7-3-6-13-15(14)17(22)12-5-2-1-4-11(12)16(13)21/h1-7,10,19-20H,8-9H2/t10-/m1/s1. The summed E-state index contributed by atoms with van der Waals surface area (Å²) in [4.78, 5) is 25.3. The Labute approximate surface area is 132 Å².